The molecule has 0 aliphatic carbocycles. The summed E-state index contributed by atoms with van der Waals surface area (Å²) >= 11 is 0. The molecule has 0 amide bonds. The second kappa shape index (κ2) is 10.2. The Labute approximate surface area is 179 Å². The Kier molecular flexibility index (Phi) is 7.14. The van der Waals surface area contributed by atoms with Gasteiger partial charge in [-0.05, 0) is 55.3 Å². The molecule has 0 spiro atoms. The highest BCUT2D eigenvalue weighted by atomic mass is 16.5. The van der Waals surface area contributed by atoms with Gasteiger partial charge < -0.3 is 9.84 Å². The van der Waals surface area contributed by atoms with Crippen molar-refractivity contribution in [1.82, 2.24) is 14.8 Å². The fraction of sp³-hybridized carbons (Fsp3) is 0.480. The summed E-state index contributed by atoms with van der Waals surface area (Å²) in [5.41, 5.74) is 3.57. The Morgan fingerprint density at radius 1 is 1.17 bits per heavy atom. The minimum atomic E-state index is 0.207. The second-order valence-corrected chi connectivity index (χ2v) is 8.24. The number of aliphatic hydroxyl groups is 1. The summed E-state index contributed by atoms with van der Waals surface area (Å²) in [4.78, 5) is 9.35. The topological polar surface area (TPSA) is 48.8 Å². The first kappa shape index (κ1) is 21.0. The first-order valence-corrected chi connectivity index (χ1v) is 10.9. The van der Waals surface area contributed by atoms with E-state index in [0.717, 1.165) is 31.7 Å². The van der Waals surface area contributed by atoms with E-state index in [0.29, 0.717) is 18.6 Å². The molecule has 158 valence electrons. The molecule has 1 aromatic heterocycles. The van der Waals surface area contributed by atoms with Gasteiger partial charge in [0, 0.05) is 56.2 Å². The molecule has 0 saturated carbocycles. The molecule has 2 aromatic rings. The summed E-state index contributed by atoms with van der Waals surface area (Å²) in [5.74, 6) is 6.49. The Bertz CT molecular complexity index is 859. The summed E-state index contributed by atoms with van der Waals surface area (Å²) in [5, 5.41) is 10.1. The van der Waals surface area contributed by atoms with Crippen LogP contribution in [0.15, 0.2) is 48.8 Å². The molecule has 1 aromatic carbocycles. The van der Waals surface area contributed by atoms with Gasteiger partial charge in [-0.15, -0.1) is 0 Å². The van der Waals surface area contributed by atoms with E-state index < -0.39 is 0 Å². The number of hydrogen-bond acceptors (Lipinski definition) is 5. The van der Waals surface area contributed by atoms with Crippen molar-refractivity contribution in [1.29, 1.82) is 0 Å². The molecule has 2 aliphatic heterocycles. The zero-order chi connectivity index (χ0) is 20.8. The zero-order valence-corrected chi connectivity index (χ0v) is 17.7. The fourth-order valence-corrected chi connectivity index (χ4v) is 4.90. The van der Waals surface area contributed by atoms with Gasteiger partial charge in [0.05, 0.1) is 6.61 Å². The lowest BCUT2D eigenvalue weighted by Gasteiger charge is -2.57. The number of aliphatic hydroxyl groups excluding tert-OH is 1. The highest BCUT2D eigenvalue weighted by Gasteiger charge is 2.48. The summed E-state index contributed by atoms with van der Waals surface area (Å²) in [7, 11) is 1.65. The monoisotopic (exact) mass is 405 g/mol. The number of nitrogens with zero attached hydrogens (tertiary/aromatic N) is 3. The van der Waals surface area contributed by atoms with Gasteiger partial charge in [-0.1, -0.05) is 30.0 Å². The van der Waals surface area contributed by atoms with Crippen molar-refractivity contribution in [3.63, 3.8) is 0 Å². The normalized spacial score (nSPS) is 24.7. The highest BCUT2D eigenvalue weighted by Crippen LogP contribution is 2.42. The number of ether oxygens (including phenoxy) is 1. The molecular weight excluding hydrogens is 374 g/mol. The van der Waals surface area contributed by atoms with Crippen LogP contribution < -0.4 is 0 Å². The van der Waals surface area contributed by atoms with Gasteiger partial charge in [-0.25, -0.2) is 0 Å². The summed E-state index contributed by atoms with van der Waals surface area (Å²) in [6, 6.07) is 13.4. The van der Waals surface area contributed by atoms with E-state index in [1.165, 1.54) is 24.0 Å². The van der Waals surface area contributed by atoms with Crippen LogP contribution in [0.2, 0.25) is 0 Å². The van der Waals surface area contributed by atoms with Crippen LogP contribution in [-0.2, 0) is 11.3 Å². The Hall–Kier alpha value is -2.23. The minimum absolute atomic E-state index is 0.207. The van der Waals surface area contributed by atoms with E-state index >= 15 is 0 Å². The lowest BCUT2D eigenvalue weighted by Crippen LogP contribution is -2.67. The van der Waals surface area contributed by atoms with Crippen LogP contribution in [0, 0.1) is 11.8 Å². The molecule has 3 heterocycles. The lowest BCUT2D eigenvalue weighted by molar-refractivity contribution is -0.0655. The maximum Gasteiger partial charge on any atom is 0.107 e. The number of pyridine rings is 1. The summed E-state index contributed by atoms with van der Waals surface area (Å²) in [6.07, 6.45) is 6.17. The van der Waals surface area contributed by atoms with Crippen LogP contribution in [0.1, 0.15) is 35.4 Å². The molecule has 2 fully saturated rings. The van der Waals surface area contributed by atoms with Crippen molar-refractivity contribution in [2.75, 3.05) is 40.0 Å². The molecule has 3 atom stereocenters. The lowest BCUT2D eigenvalue weighted by atomic mass is 9.74. The van der Waals surface area contributed by atoms with Crippen molar-refractivity contribution in [2.45, 2.75) is 37.4 Å². The fourth-order valence-electron chi connectivity index (χ4n) is 4.90. The van der Waals surface area contributed by atoms with Crippen molar-refractivity contribution in [2.24, 2.45) is 0 Å². The van der Waals surface area contributed by atoms with E-state index in [-0.39, 0.29) is 12.6 Å². The number of fused-ring (bicyclic) bond motifs is 1. The third kappa shape index (κ3) is 4.74. The zero-order valence-electron chi connectivity index (χ0n) is 17.7. The minimum Gasteiger partial charge on any atom is -0.395 e. The Morgan fingerprint density at radius 3 is 2.73 bits per heavy atom. The van der Waals surface area contributed by atoms with Crippen LogP contribution >= 0.6 is 0 Å². The van der Waals surface area contributed by atoms with Crippen LogP contribution in [0.25, 0.3) is 0 Å². The molecule has 5 heteroatoms. The van der Waals surface area contributed by atoms with E-state index in [1.807, 2.05) is 18.5 Å². The average molecular weight is 406 g/mol. The molecule has 0 unspecified atom stereocenters. The molecular formula is C25H31N3O2. The van der Waals surface area contributed by atoms with Gasteiger partial charge in [0.25, 0.3) is 0 Å². The molecule has 2 aliphatic rings. The second-order valence-electron chi connectivity index (χ2n) is 8.24. The SMILES string of the molecule is COCC#Cc1ccc([C@@H]2[C@@H](CO)N3CCCCN(Cc4cccnc4)C[C@H]23)cc1. The number of hydrogen-bond donors (Lipinski definition) is 1. The quantitative estimate of drug-likeness (QED) is 0.775. The maximum absolute atomic E-state index is 10.1. The van der Waals surface area contributed by atoms with Gasteiger partial charge in [0.15, 0.2) is 0 Å². The Morgan fingerprint density at radius 2 is 2.00 bits per heavy atom. The summed E-state index contributed by atoms with van der Waals surface area (Å²) < 4.78 is 5.00. The molecule has 2 saturated heterocycles. The van der Waals surface area contributed by atoms with E-state index in [2.05, 4.69) is 57.0 Å². The highest BCUT2D eigenvalue weighted by molar-refractivity contribution is 5.39. The van der Waals surface area contributed by atoms with Gasteiger partial charge in [-0.2, -0.15) is 0 Å². The van der Waals surface area contributed by atoms with Gasteiger partial charge in [-0.3, -0.25) is 14.8 Å². The van der Waals surface area contributed by atoms with E-state index in [9.17, 15) is 5.11 Å². The third-order valence-electron chi connectivity index (χ3n) is 6.33. The van der Waals surface area contributed by atoms with Crippen LogP contribution in [0.3, 0.4) is 0 Å². The first-order chi connectivity index (χ1) is 14.8. The third-order valence-corrected chi connectivity index (χ3v) is 6.33. The molecule has 1 N–H and O–H groups in total. The molecule has 0 radical (unpaired) electrons. The molecule has 5 nitrogen and oxygen atoms in total. The van der Waals surface area contributed by atoms with Gasteiger partial charge in [0.1, 0.15) is 6.61 Å². The average Bonchev–Trinajstić information content (AvgIpc) is 2.76. The Balaban J connectivity index is 1.50. The van der Waals surface area contributed by atoms with E-state index in [1.54, 1.807) is 7.11 Å². The van der Waals surface area contributed by atoms with Crippen LogP contribution in [0.4, 0.5) is 0 Å². The maximum atomic E-state index is 10.1. The molecule has 4 rings (SSSR count). The number of benzene rings is 1. The first-order valence-electron chi connectivity index (χ1n) is 10.9. The summed E-state index contributed by atoms with van der Waals surface area (Å²) in [6.45, 7) is 4.80. The van der Waals surface area contributed by atoms with Gasteiger partial charge >= 0.3 is 0 Å². The number of methoxy groups -OCH3 is 1. The predicted molar refractivity (Wildman–Crippen MR) is 118 cm³/mol. The molecule has 30 heavy (non-hydrogen) atoms. The largest absolute Gasteiger partial charge is 0.395 e. The van der Waals surface area contributed by atoms with Crippen molar-refractivity contribution >= 4 is 0 Å². The van der Waals surface area contributed by atoms with E-state index in [4.69, 9.17) is 4.74 Å². The number of rotatable bonds is 5. The van der Waals surface area contributed by atoms with Crippen molar-refractivity contribution in [3.05, 3.63) is 65.5 Å². The smallest absolute Gasteiger partial charge is 0.107 e. The van der Waals surface area contributed by atoms with Crippen LogP contribution in [-0.4, -0.2) is 71.9 Å². The van der Waals surface area contributed by atoms with Gasteiger partial charge in [0.2, 0.25) is 0 Å². The van der Waals surface area contributed by atoms with Crippen molar-refractivity contribution < 1.29 is 9.84 Å². The van der Waals surface area contributed by atoms with Crippen LogP contribution in [0.5, 0.6) is 0 Å². The molecule has 0 bridgehead atoms. The number of aromatic nitrogens is 1. The predicted octanol–water partition coefficient (Wildman–Crippen LogP) is 2.50. The standard InChI is InChI=1S/C25H31N3O2/c1-30-15-5-7-20-8-10-22(11-9-20)25-23-18-27(17-21-6-4-12-26-16-21)13-2-3-14-28(23)24(25)19-29/h4,6,8-12,16,23-25,29H,2-3,13-15,17-19H2,1H3/t23-,24-,25+/m1/s1. The van der Waals surface area contributed by atoms with Crippen molar-refractivity contribution in [3.8, 4) is 11.8 Å².